The van der Waals surface area contributed by atoms with Crippen LogP contribution in [0.25, 0.3) is 11.0 Å². The Labute approximate surface area is 174 Å². The van der Waals surface area contributed by atoms with E-state index in [9.17, 15) is 9.18 Å². The first-order chi connectivity index (χ1) is 14.3. The monoisotopic (exact) mass is 415 g/mol. The van der Waals surface area contributed by atoms with Crippen LogP contribution in [0.4, 0.5) is 4.39 Å². The number of carbonyl (C=O) groups excluding carboxylic acids is 1. The van der Waals surface area contributed by atoms with Crippen LogP contribution >= 0.6 is 0 Å². The first-order valence-corrected chi connectivity index (χ1v) is 9.70. The molecule has 1 N–H and O–H groups in total. The summed E-state index contributed by atoms with van der Waals surface area (Å²) < 4.78 is 36.5. The van der Waals surface area contributed by atoms with Crippen LogP contribution < -0.4 is 14.8 Å². The molecule has 3 aromatic rings. The summed E-state index contributed by atoms with van der Waals surface area (Å²) in [4.78, 5) is 13.0. The second-order valence-corrected chi connectivity index (χ2v) is 7.19. The van der Waals surface area contributed by atoms with Gasteiger partial charge in [0.05, 0.1) is 33.0 Å². The predicted molar refractivity (Wildman–Crippen MR) is 112 cm³/mol. The van der Waals surface area contributed by atoms with Crippen LogP contribution in [0, 0.1) is 5.82 Å². The lowest BCUT2D eigenvalue weighted by molar-refractivity contribution is 0.0642. The van der Waals surface area contributed by atoms with Crippen molar-refractivity contribution in [3.8, 4) is 11.5 Å². The number of para-hydroxylation sites is 1. The zero-order valence-corrected chi connectivity index (χ0v) is 17.7. The number of fused-ring (bicyclic) bond motifs is 1. The van der Waals surface area contributed by atoms with Crippen molar-refractivity contribution in [1.82, 2.24) is 5.32 Å². The quantitative estimate of drug-likeness (QED) is 0.560. The fourth-order valence-electron chi connectivity index (χ4n) is 3.22. The first kappa shape index (κ1) is 21.6. The maximum absolute atomic E-state index is 14.6. The third kappa shape index (κ3) is 4.41. The maximum Gasteiger partial charge on any atom is 0.287 e. The van der Waals surface area contributed by atoms with E-state index in [0.717, 1.165) is 5.39 Å². The van der Waals surface area contributed by atoms with E-state index in [1.165, 1.54) is 26.4 Å². The molecule has 0 spiro atoms. The molecule has 1 amide bonds. The Balaban J connectivity index is 1.90. The number of hydrogen-bond acceptors (Lipinski definition) is 5. The van der Waals surface area contributed by atoms with E-state index in [1.807, 2.05) is 32.0 Å². The highest BCUT2D eigenvalue weighted by Crippen LogP contribution is 2.33. The molecule has 160 valence electrons. The molecule has 0 saturated heterocycles. The highest BCUT2D eigenvalue weighted by Gasteiger charge is 2.24. The van der Waals surface area contributed by atoms with Gasteiger partial charge in [-0.3, -0.25) is 4.79 Å². The molecule has 1 atom stereocenters. The molecule has 30 heavy (non-hydrogen) atoms. The van der Waals surface area contributed by atoms with Crippen molar-refractivity contribution < 1.29 is 27.8 Å². The van der Waals surface area contributed by atoms with Crippen molar-refractivity contribution in [3.05, 3.63) is 59.1 Å². The molecule has 0 aliphatic carbocycles. The van der Waals surface area contributed by atoms with Crippen LogP contribution in [0.2, 0.25) is 0 Å². The Bertz CT molecular complexity index is 1040. The van der Waals surface area contributed by atoms with Crippen LogP contribution in [0.15, 0.2) is 40.8 Å². The van der Waals surface area contributed by atoms with Gasteiger partial charge in [0.2, 0.25) is 0 Å². The first-order valence-electron chi connectivity index (χ1n) is 9.70. The number of hydrogen-bond donors (Lipinski definition) is 1. The minimum absolute atomic E-state index is 0.00523. The fraction of sp³-hybridized carbons (Fsp3) is 0.348. The van der Waals surface area contributed by atoms with Gasteiger partial charge < -0.3 is 23.9 Å². The van der Waals surface area contributed by atoms with Gasteiger partial charge in [0.1, 0.15) is 11.4 Å². The number of benzene rings is 2. The largest absolute Gasteiger partial charge is 0.493 e. The third-order valence-electron chi connectivity index (χ3n) is 4.78. The Kier molecular flexibility index (Phi) is 6.62. The molecule has 0 fully saturated rings. The summed E-state index contributed by atoms with van der Waals surface area (Å²) in [7, 11) is 2.91. The van der Waals surface area contributed by atoms with Gasteiger partial charge in [-0.2, -0.15) is 0 Å². The van der Waals surface area contributed by atoms with Crippen molar-refractivity contribution in [2.45, 2.75) is 39.5 Å². The second-order valence-electron chi connectivity index (χ2n) is 7.19. The van der Waals surface area contributed by atoms with Crippen molar-refractivity contribution in [3.63, 3.8) is 0 Å². The lowest BCUT2D eigenvalue weighted by Crippen LogP contribution is -2.28. The van der Waals surface area contributed by atoms with Crippen LogP contribution in [0.5, 0.6) is 11.5 Å². The lowest BCUT2D eigenvalue weighted by atomic mass is 10.1. The number of nitrogens with one attached hydrogen (secondary N) is 1. The fourth-order valence-corrected chi connectivity index (χ4v) is 3.22. The van der Waals surface area contributed by atoms with Gasteiger partial charge in [-0.05, 0) is 32.9 Å². The van der Waals surface area contributed by atoms with Crippen LogP contribution in [0.3, 0.4) is 0 Å². The van der Waals surface area contributed by atoms with Gasteiger partial charge in [-0.25, -0.2) is 4.39 Å². The van der Waals surface area contributed by atoms with Gasteiger partial charge in [0.15, 0.2) is 17.3 Å². The highest BCUT2D eigenvalue weighted by atomic mass is 19.1. The van der Waals surface area contributed by atoms with Crippen LogP contribution in [-0.4, -0.2) is 26.2 Å². The molecule has 0 bridgehead atoms. The topological polar surface area (TPSA) is 69.9 Å². The molecule has 2 aromatic carbocycles. The zero-order chi connectivity index (χ0) is 21.8. The van der Waals surface area contributed by atoms with E-state index < -0.39 is 17.8 Å². The molecule has 6 nitrogen and oxygen atoms in total. The molecule has 0 aliphatic rings. The van der Waals surface area contributed by atoms with Gasteiger partial charge in [-0.1, -0.05) is 18.2 Å². The van der Waals surface area contributed by atoms with Gasteiger partial charge in [0, 0.05) is 22.6 Å². The number of halogens is 1. The lowest BCUT2D eigenvalue weighted by Gasteiger charge is -2.17. The Morgan fingerprint density at radius 3 is 2.43 bits per heavy atom. The van der Waals surface area contributed by atoms with E-state index in [2.05, 4.69) is 5.32 Å². The number of furan rings is 1. The number of methoxy groups -OCH3 is 2. The van der Waals surface area contributed by atoms with Crippen molar-refractivity contribution in [2.75, 3.05) is 14.2 Å². The van der Waals surface area contributed by atoms with Crippen LogP contribution in [-0.2, 0) is 11.3 Å². The summed E-state index contributed by atoms with van der Waals surface area (Å²) in [6.45, 7) is 5.76. The normalized spacial score (nSPS) is 12.2. The van der Waals surface area contributed by atoms with E-state index in [0.29, 0.717) is 16.9 Å². The molecule has 0 radical (unpaired) electrons. The Morgan fingerprint density at radius 2 is 1.77 bits per heavy atom. The third-order valence-corrected chi connectivity index (χ3v) is 4.78. The zero-order valence-electron chi connectivity index (χ0n) is 17.7. The summed E-state index contributed by atoms with van der Waals surface area (Å²) in [6, 6.07) is 9.50. The molecule has 3 rings (SSSR count). The van der Waals surface area contributed by atoms with Gasteiger partial charge in [0.25, 0.3) is 5.91 Å². The maximum atomic E-state index is 14.6. The van der Waals surface area contributed by atoms with Crippen molar-refractivity contribution >= 4 is 16.9 Å². The number of carbonyl (C=O) groups is 1. The van der Waals surface area contributed by atoms with E-state index in [1.54, 1.807) is 13.0 Å². The number of rotatable bonds is 8. The Morgan fingerprint density at radius 1 is 1.10 bits per heavy atom. The minimum atomic E-state index is -0.635. The molecule has 1 unspecified atom stereocenters. The molecule has 0 aliphatic heterocycles. The van der Waals surface area contributed by atoms with Crippen LogP contribution in [0.1, 0.15) is 48.5 Å². The molecular formula is C23H26FNO5. The standard InChI is InChI=1S/C23H26FNO5/c1-13(2)29-12-17-15-8-6-7-9-19(15)30-22(17)23(26)25-14(3)16-10-20(27-4)21(28-5)11-18(16)24/h6-11,13-14H,12H2,1-5H3,(H,25,26). The number of ether oxygens (including phenoxy) is 3. The average Bonchev–Trinajstić information content (AvgIpc) is 3.10. The minimum Gasteiger partial charge on any atom is -0.493 e. The SMILES string of the molecule is COc1cc(F)c(C(C)NC(=O)c2oc3ccccc3c2COC(C)C)cc1OC. The molecule has 0 saturated carbocycles. The summed E-state index contributed by atoms with van der Waals surface area (Å²) in [5, 5.41) is 3.62. The predicted octanol–water partition coefficient (Wildman–Crippen LogP) is 5.01. The summed E-state index contributed by atoms with van der Waals surface area (Å²) in [5.41, 5.74) is 1.53. The molecule has 7 heteroatoms. The highest BCUT2D eigenvalue weighted by molar-refractivity contribution is 5.99. The van der Waals surface area contributed by atoms with E-state index in [4.69, 9.17) is 18.6 Å². The van der Waals surface area contributed by atoms with Crippen molar-refractivity contribution in [2.24, 2.45) is 0 Å². The molecule has 1 aromatic heterocycles. The van der Waals surface area contributed by atoms with Gasteiger partial charge in [-0.15, -0.1) is 0 Å². The molecular weight excluding hydrogens is 389 g/mol. The average molecular weight is 415 g/mol. The summed E-state index contributed by atoms with van der Waals surface area (Å²) in [6.07, 6.45) is -0.00523. The second kappa shape index (κ2) is 9.17. The smallest absolute Gasteiger partial charge is 0.287 e. The van der Waals surface area contributed by atoms with Gasteiger partial charge >= 0.3 is 0 Å². The summed E-state index contributed by atoms with van der Waals surface area (Å²) >= 11 is 0. The van der Waals surface area contributed by atoms with E-state index in [-0.39, 0.29) is 29.8 Å². The number of amides is 1. The van der Waals surface area contributed by atoms with E-state index >= 15 is 0 Å². The Hall–Kier alpha value is -3.06. The van der Waals surface area contributed by atoms with Crippen molar-refractivity contribution in [1.29, 1.82) is 0 Å². The summed E-state index contributed by atoms with van der Waals surface area (Å²) in [5.74, 6) is -0.138. The molecule has 1 heterocycles.